The first-order chi connectivity index (χ1) is 11.7. The van der Waals surface area contributed by atoms with E-state index in [-0.39, 0.29) is 6.10 Å². The second-order valence-electron chi connectivity index (χ2n) is 6.41. The third-order valence-corrected chi connectivity index (χ3v) is 3.97. The van der Waals surface area contributed by atoms with Crippen molar-refractivity contribution in [1.82, 2.24) is 25.8 Å². The maximum atomic E-state index is 5.68. The Hall–Kier alpha value is -2.05. The van der Waals surface area contributed by atoms with Crippen molar-refractivity contribution in [3.63, 3.8) is 0 Å². The monoisotopic (exact) mass is 327 g/mol. The first kappa shape index (κ1) is 16.8. The summed E-state index contributed by atoms with van der Waals surface area (Å²) >= 11 is 0. The van der Waals surface area contributed by atoms with Crippen LogP contribution in [0.3, 0.4) is 0 Å². The van der Waals surface area contributed by atoms with Crippen molar-refractivity contribution in [2.45, 2.75) is 45.4 Å². The van der Waals surface area contributed by atoms with Crippen LogP contribution < -0.4 is 15.4 Å². The minimum Gasteiger partial charge on any atom is -0.489 e. The molecule has 1 unspecified atom stereocenters. The molecule has 0 saturated carbocycles. The van der Waals surface area contributed by atoms with Gasteiger partial charge in [-0.2, -0.15) is 10.2 Å². The number of hydrogen-bond donors (Lipinski definition) is 2. The van der Waals surface area contributed by atoms with Crippen molar-refractivity contribution in [3.8, 4) is 17.0 Å². The number of hydrogen-bond acceptors (Lipinski definition) is 6. The van der Waals surface area contributed by atoms with Crippen molar-refractivity contribution in [2.24, 2.45) is 0 Å². The van der Waals surface area contributed by atoms with Crippen molar-refractivity contribution in [1.29, 1.82) is 0 Å². The molecule has 6 nitrogen and oxygen atoms in total. The lowest BCUT2D eigenvalue weighted by Gasteiger charge is -2.23. The summed E-state index contributed by atoms with van der Waals surface area (Å²) in [6.07, 6.45) is 6.06. The summed E-state index contributed by atoms with van der Waals surface area (Å²) in [6.45, 7) is 6.89. The Bertz CT molecular complexity index is 638. The molecule has 2 N–H and O–H groups in total. The van der Waals surface area contributed by atoms with Crippen molar-refractivity contribution in [2.75, 3.05) is 13.1 Å². The molecule has 3 heterocycles. The topological polar surface area (TPSA) is 72.0 Å². The third-order valence-electron chi connectivity index (χ3n) is 3.97. The Balaban J connectivity index is 1.61. The maximum absolute atomic E-state index is 5.68. The van der Waals surface area contributed by atoms with Crippen LogP contribution in [0.25, 0.3) is 11.3 Å². The van der Waals surface area contributed by atoms with Gasteiger partial charge >= 0.3 is 0 Å². The van der Waals surface area contributed by atoms with Crippen molar-refractivity contribution >= 4 is 0 Å². The zero-order valence-corrected chi connectivity index (χ0v) is 14.3. The summed E-state index contributed by atoms with van der Waals surface area (Å²) in [5.74, 6) is 0.750. The molecular weight excluding hydrogens is 302 g/mol. The van der Waals surface area contributed by atoms with Gasteiger partial charge in [-0.1, -0.05) is 0 Å². The van der Waals surface area contributed by atoms with E-state index < -0.39 is 0 Å². The summed E-state index contributed by atoms with van der Waals surface area (Å²) in [5.41, 5.74) is 2.67. The van der Waals surface area contributed by atoms with E-state index in [9.17, 15) is 0 Å². The summed E-state index contributed by atoms with van der Waals surface area (Å²) in [6, 6.07) is 6.47. The number of rotatable bonds is 6. The summed E-state index contributed by atoms with van der Waals surface area (Å²) in [5, 5.41) is 15.6. The number of nitrogens with zero attached hydrogens (tertiary/aromatic N) is 3. The van der Waals surface area contributed by atoms with E-state index in [0.29, 0.717) is 6.04 Å². The molecule has 6 heteroatoms. The molecule has 1 saturated heterocycles. The van der Waals surface area contributed by atoms with Gasteiger partial charge in [-0.15, -0.1) is 0 Å². The Morgan fingerprint density at radius 2 is 2.21 bits per heavy atom. The molecule has 0 bridgehead atoms. The predicted molar refractivity (Wildman–Crippen MR) is 93.8 cm³/mol. The highest BCUT2D eigenvalue weighted by Crippen LogP contribution is 2.21. The Morgan fingerprint density at radius 1 is 1.29 bits per heavy atom. The van der Waals surface area contributed by atoms with Gasteiger partial charge in [0.1, 0.15) is 5.75 Å². The smallest absolute Gasteiger partial charge is 0.138 e. The highest BCUT2D eigenvalue weighted by Gasteiger charge is 2.12. The zero-order chi connectivity index (χ0) is 16.8. The maximum Gasteiger partial charge on any atom is 0.138 e. The van der Waals surface area contributed by atoms with Crippen molar-refractivity contribution < 1.29 is 4.74 Å². The molecule has 1 aliphatic rings. The van der Waals surface area contributed by atoms with Crippen molar-refractivity contribution in [3.05, 3.63) is 36.3 Å². The summed E-state index contributed by atoms with van der Waals surface area (Å²) in [7, 11) is 0. The van der Waals surface area contributed by atoms with Gasteiger partial charge in [0, 0.05) is 30.9 Å². The number of pyridine rings is 1. The second-order valence-corrected chi connectivity index (χ2v) is 6.41. The van der Waals surface area contributed by atoms with Crippen LogP contribution in [0.1, 0.15) is 32.4 Å². The van der Waals surface area contributed by atoms with Gasteiger partial charge in [-0.05, 0) is 51.4 Å². The normalized spacial score (nSPS) is 17.9. The third kappa shape index (κ3) is 4.72. The highest BCUT2D eigenvalue weighted by molar-refractivity contribution is 5.59. The summed E-state index contributed by atoms with van der Waals surface area (Å²) < 4.78 is 5.68. The fraction of sp³-hybridized carbons (Fsp3) is 0.500. The zero-order valence-electron chi connectivity index (χ0n) is 14.3. The van der Waals surface area contributed by atoms with Gasteiger partial charge in [-0.25, -0.2) is 0 Å². The lowest BCUT2D eigenvalue weighted by atomic mass is 10.1. The molecule has 0 spiro atoms. The SMILES string of the molecule is CC(C)Oc1cncc(-c2ccc(CNC3CCCNC3)nn2)c1. The van der Waals surface area contributed by atoms with E-state index in [1.165, 1.54) is 12.8 Å². The fourth-order valence-corrected chi connectivity index (χ4v) is 2.78. The van der Waals surface area contributed by atoms with Crippen LogP contribution in [0.2, 0.25) is 0 Å². The average molecular weight is 327 g/mol. The Morgan fingerprint density at radius 3 is 2.92 bits per heavy atom. The lowest BCUT2D eigenvalue weighted by molar-refractivity contribution is 0.241. The molecule has 0 aliphatic carbocycles. The molecule has 128 valence electrons. The van der Waals surface area contributed by atoms with E-state index in [0.717, 1.165) is 42.3 Å². The highest BCUT2D eigenvalue weighted by atomic mass is 16.5. The molecule has 24 heavy (non-hydrogen) atoms. The van der Waals surface area contributed by atoms with Gasteiger partial charge in [-0.3, -0.25) is 4.98 Å². The van der Waals surface area contributed by atoms with Crippen LogP contribution >= 0.6 is 0 Å². The molecule has 0 amide bonds. The number of ether oxygens (including phenoxy) is 1. The van der Waals surface area contributed by atoms with Gasteiger partial charge in [0.15, 0.2) is 0 Å². The first-order valence-corrected chi connectivity index (χ1v) is 8.59. The van der Waals surface area contributed by atoms with E-state index in [1.54, 1.807) is 12.4 Å². The number of piperidine rings is 1. The average Bonchev–Trinajstić information content (AvgIpc) is 2.61. The van der Waals surface area contributed by atoms with Crippen LogP contribution in [0.5, 0.6) is 5.75 Å². The van der Waals surface area contributed by atoms with Crippen LogP contribution in [0.15, 0.2) is 30.6 Å². The number of nitrogens with one attached hydrogen (secondary N) is 2. The van der Waals surface area contributed by atoms with Crippen LogP contribution in [0, 0.1) is 0 Å². The van der Waals surface area contributed by atoms with E-state index in [2.05, 4.69) is 25.8 Å². The number of aromatic nitrogens is 3. The van der Waals surface area contributed by atoms with Crippen LogP contribution in [0.4, 0.5) is 0 Å². The van der Waals surface area contributed by atoms with Gasteiger partial charge < -0.3 is 15.4 Å². The summed E-state index contributed by atoms with van der Waals surface area (Å²) in [4.78, 5) is 4.22. The van der Waals surface area contributed by atoms with E-state index in [1.807, 2.05) is 32.0 Å². The minimum atomic E-state index is 0.121. The van der Waals surface area contributed by atoms with E-state index in [4.69, 9.17) is 4.74 Å². The molecule has 0 radical (unpaired) electrons. The minimum absolute atomic E-state index is 0.121. The molecule has 1 fully saturated rings. The van der Waals surface area contributed by atoms with E-state index >= 15 is 0 Å². The van der Waals surface area contributed by atoms with Gasteiger partial charge in [0.25, 0.3) is 0 Å². The molecule has 2 aromatic heterocycles. The van der Waals surface area contributed by atoms with Gasteiger partial charge in [0.05, 0.1) is 23.7 Å². The predicted octanol–water partition coefficient (Wildman–Crippen LogP) is 2.17. The van der Waals surface area contributed by atoms with Crippen LogP contribution in [-0.2, 0) is 6.54 Å². The standard InChI is InChI=1S/C18H25N5O/c1-13(2)24-17-8-14(9-20-12-17)18-6-5-16(22-23-18)11-21-15-4-3-7-19-10-15/h5-6,8-9,12-13,15,19,21H,3-4,7,10-11H2,1-2H3. The molecular formula is C18H25N5O. The Kier molecular flexibility index (Phi) is 5.72. The molecule has 1 aliphatic heterocycles. The second kappa shape index (κ2) is 8.17. The Labute approximate surface area is 143 Å². The fourth-order valence-electron chi connectivity index (χ4n) is 2.78. The van der Waals surface area contributed by atoms with Crippen LogP contribution in [-0.4, -0.2) is 40.4 Å². The van der Waals surface area contributed by atoms with Gasteiger partial charge in [0.2, 0.25) is 0 Å². The molecule has 3 rings (SSSR count). The molecule has 0 aromatic carbocycles. The molecule has 2 aromatic rings. The quantitative estimate of drug-likeness (QED) is 0.847. The lowest BCUT2D eigenvalue weighted by Crippen LogP contribution is -2.42. The largest absolute Gasteiger partial charge is 0.489 e. The molecule has 1 atom stereocenters. The first-order valence-electron chi connectivity index (χ1n) is 8.59.